The minimum absolute atomic E-state index is 0.0382. The minimum atomic E-state index is -1.20. The van der Waals surface area contributed by atoms with Crippen molar-refractivity contribution in [2.75, 3.05) is 18.1 Å². The maximum absolute atomic E-state index is 12.3. The topological polar surface area (TPSA) is 139 Å². The lowest BCUT2D eigenvalue weighted by molar-refractivity contribution is -0.139. The van der Waals surface area contributed by atoms with E-state index in [1.165, 1.54) is 0 Å². The Labute approximate surface area is 186 Å². The first-order valence-electron chi connectivity index (χ1n) is 9.45. The predicted molar refractivity (Wildman–Crippen MR) is 120 cm³/mol. The van der Waals surface area contributed by atoms with Gasteiger partial charge >= 0.3 is 18.0 Å². The third-order valence-corrected chi connectivity index (χ3v) is 7.26. The van der Waals surface area contributed by atoms with E-state index in [2.05, 4.69) is 5.32 Å². The summed E-state index contributed by atoms with van der Waals surface area (Å²) in [6.45, 7) is 0.0849. The number of carbonyl (C=O) groups excluding carboxylic acids is 1. The number of hydrogen-bond acceptors (Lipinski definition) is 7. The van der Waals surface area contributed by atoms with E-state index < -0.39 is 30.1 Å². The van der Waals surface area contributed by atoms with Crippen LogP contribution in [0.15, 0.2) is 48.5 Å². The summed E-state index contributed by atoms with van der Waals surface area (Å²) in [6, 6.07) is 13.6. The van der Waals surface area contributed by atoms with Crippen molar-refractivity contribution >= 4 is 39.6 Å². The van der Waals surface area contributed by atoms with Gasteiger partial charge in [-0.25, -0.2) is 9.59 Å². The number of amides is 1. The van der Waals surface area contributed by atoms with Crippen LogP contribution in [0.3, 0.4) is 0 Å². The molecule has 10 heteroatoms. The summed E-state index contributed by atoms with van der Waals surface area (Å²) >= 11 is 0. The highest BCUT2D eigenvalue weighted by molar-refractivity contribution is 8.76. The molecule has 0 heterocycles. The molecule has 2 aromatic rings. The Bertz CT molecular complexity index is 925. The van der Waals surface area contributed by atoms with Gasteiger partial charge < -0.3 is 26.0 Å². The van der Waals surface area contributed by atoms with Gasteiger partial charge in [-0.15, -0.1) is 0 Å². The molecule has 0 fully saturated rings. The summed E-state index contributed by atoms with van der Waals surface area (Å²) in [7, 11) is 2.26. The molecule has 0 radical (unpaired) electrons. The number of fused-ring (bicyclic) bond motifs is 3. The lowest BCUT2D eigenvalue weighted by atomic mass is 9.98. The molecule has 0 saturated carbocycles. The molecule has 31 heavy (non-hydrogen) atoms. The molecule has 5 N–H and O–H groups in total. The largest absolute Gasteiger partial charge is 0.480 e. The minimum Gasteiger partial charge on any atom is -0.480 e. The Kier molecular flexibility index (Phi) is 7.83. The third kappa shape index (κ3) is 5.72. The third-order valence-electron chi connectivity index (χ3n) is 4.82. The van der Waals surface area contributed by atoms with Crippen molar-refractivity contribution in [2.45, 2.75) is 18.0 Å². The fourth-order valence-corrected chi connectivity index (χ4v) is 5.53. The Balaban J connectivity index is 1.54. The van der Waals surface area contributed by atoms with Gasteiger partial charge in [-0.05, 0) is 22.3 Å². The number of nitrogens with two attached hydrogens (primary N) is 1. The van der Waals surface area contributed by atoms with Gasteiger partial charge in [0.2, 0.25) is 0 Å². The van der Waals surface area contributed by atoms with Crippen LogP contribution in [0.4, 0.5) is 4.79 Å². The molecule has 3 rings (SSSR count). The maximum Gasteiger partial charge on any atom is 0.407 e. The van der Waals surface area contributed by atoms with Crippen molar-refractivity contribution in [1.82, 2.24) is 5.32 Å². The van der Waals surface area contributed by atoms with Gasteiger partial charge in [0, 0.05) is 17.4 Å². The first kappa shape index (κ1) is 23.0. The van der Waals surface area contributed by atoms with E-state index in [1.807, 2.05) is 48.5 Å². The SMILES string of the molecule is NC(CSSCC(NC(=O)OCC1c2ccccc2-c2ccccc21)C(=O)O)C(=O)O. The first-order chi connectivity index (χ1) is 14.9. The molecule has 0 bridgehead atoms. The van der Waals surface area contributed by atoms with Crippen LogP contribution in [0.25, 0.3) is 11.1 Å². The molecule has 0 aromatic heterocycles. The van der Waals surface area contributed by atoms with E-state index >= 15 is 0 Å². The van der Waals surface area contributed by atoms with Crippen LogP contribution >= 0.6 is 21.6 Å². The molecule has 1 aliphatic rings. The molecule has 2 unspecified atom stereocenters. The average Bonchev–Trinajstić information content (AvgIpc) is 3.07. The molecule has 2 atom stereocenters. The van der Waals surface area contributed by atoms with Crippen LogP contribution in [-0.4, -0.2) is 58.4 Å². The van der Waals surface area contributed by atoms with E-state index in [0.29, 0.717) is 0 Å². The van der Waals surface area contributed by atoms with Crippen molar-refractivity contribution in [2.24, 2.45) is 5.73 Å². The summed E-state index contributed by atoms with van der Waals surface area (Å²) < 4.78 is 5.37. The van der Waals surface area contributed by atoms with Gasteiger partial charge in [-0.2, -0.15) is 0 Å². The van der Waals surface area contributed by atoms with E-state index in [0.717, 1.165) is 43.8 Å². The highest BCUT2D eigenvalue weighted by Crippen LogP contribution is 2.44. The number of benzene rings is 2. The second kappa shape index (κ2) is 10.6. The van der Waals surface area contributed by atoms with Gasteiger partial charge in [0.05, 0.1) is 0 Å². The molecular weight excluding hydrogens is 440 g/mol. The molecule has 0 spiro atoms. The number of ether oxygens (including phenoxy) is 1. The summed E-state index contributed by atoms with van der Waals surface area (Å²) in [5.41, 5.74) is 9.73. The monoisotopic (exact) mass is 462 g/mol. The molecular formula is C21H22N2O6S2. The van der Waals surface area contributed by atoms with Crippen molar-refractivity contribution in [3.8, 4) is 11.1 Å². The molecule has 1 amide bonds. The second-order valence-electron chi connectivity index (χ2n) is 6.87. The standard InChI is InChI=1S/C21H22N2O6S2/c22-17(19(24)25)10-30-31-11-18(20(26)27)23-21(28)29-9-16-14-7-3-1-5-12(14)13-6-2-4-8-15(13)16/h1-8,16-18H,9-11,22H2,(H,23,28)(H,24,25)(H,26,27). The van der Waals surface area contributed by atoms with Crippen LogP contribution in [0.2, 0.25) is 0 Å². The highest BCUT2D eigenvalue weighted by atomic mass is 33.1. The number of alkyl carbamates (subject to hydrolysis) is 1. The number of nitrogens with one attached hydrogen (secondary N) is 1. The van der Waals surface area contributed by atoms with Gasteiger partial charge in [0.25, 0.3) is 0 Å². The van der Waals surface area contributed by atoms with Crippen molar-refractivity contribution < 1.29 is 29.3 Å². The summed E-state index contributed by atoms with van der Waals surface area (Å²) in [6.07, 6.45) is -0.818. The lowest BCUT2D eigenvalue weighted by Crippen LogP contribution is -2.43. The quantitative estimate of drug-likeness (QED) is 0.310. The molecule has 1 aliphatic carbocycles. The van der Waals surface area contributed by atoms with E-state index in [4.69, 9.17) is 15.6 Å². The first-order valence-corrected chi connectivity index (χ1v) is 11.9. The summed E-state index contributed by atoms with van der Waals surface area (Å²) in [4.78, 5) is 34.4. The van der Waals surface area contributed by atoms with Crippen molar-refractivity contribution in [3.05, 3.63) is 59.7 Å². The molecule has 2 aromatic carbocycles. The predicted octanol–water partition coefficient (Wildman–Crippen LogP) is 2.77. The fraction of sp³-hybridized carbons (Fsp3) is 0.286. The smallest absolute Gasteiger partial charge is 0.407 e. The highest BCUT2D eigenvalue weighted by Gasteiger charge is 2.29. The second-order valence-corrected chi connectivity index (χ2v) is 9.43. The number of aliphatic carboxylic acids is 2. The number of carboxylic acid groups (broad SMARTS) is 2. The summed E-state index contributed by atoms with van der Waals surface area (Å²) in [5, 5.41) is 20.5. The van der Waals surface area contributed by atoms with Crippen LogP contribution in [-0.2, 0) is 14.3 Å². The maximum atomic E-state index is 12.3. The normalized spacial score (nSPS) is 14.2. The van der Waals surface area contributed by atoms with Crippen molar-refractivity contribution in [1.29, 1.82) is 0 Å². The Morgan fingerprint density at radius 2 is 1.48 bits per heavy atom. The van der Waals surface area contributed by atoms with E-state index in [1.54, 1.807) is 0 Å². The zero-order valence-corrected chi connectivity index (χ0v) is 18.0. The molecule has 8 nitrogen and oxygen atoms in total. The number of hydrogen-bond donors (Lipinski definition) is 4. The molecule has 164 valence electrons. The van der Waals surface area contributed by atoms with Gasteiger partial charge in [-0.3, -0.25) is 4.79 Å². The van der Waals surface area contributed by atoms with Gasteiger partial charge in [0.1, 0.15) is 18.7 Å². The lowest BCUT2D eigenvalue weighted by Gasteiger charge is -2.17. The van der Waals surface area contributed by atoms with Crippen LogP contribution in [0.5, 0.6) is 0 Å². The zero-order valence-electron chi connectivity index (χ0n) is 16.4. The van der Waals surface area contributed by atoms with E-state index in [9.17, 15) is 19.5 Å². The Morgan fingerprint density at radius 3 is 2.03 bits per heavy atom. The molecule has 0 aliphatic heterocycles. The van der Waals surface area contributed by atoms with Crippen LogP contribution in [0.1, 0.15) is 17.0 Å². The van der Waals surface area contributed by atoms with Crippen LogP contribution < -0.4 is 11.1 Å². The number of rotatable bonds is 10. The van der Waals surface area contributed by atoms with E-state index in [-0.39, 0.29) is 24.0 Å². The zero-order chi connectivity index (χ0) is 22.4. The average molecular weight is 463 g/mol. The summed E-state index contributed by atoms with van der Waals surface area (Å²) in [5.74, 6) is -2.29. The number of carboxylic acids is 2. The Hall–Kier alpha value is -2.69. The fourth-order valence-electron chi connectivity index (χ4n) is 3.27. The van der Waals surface area contributed by atoms with Gasteiger partial charge in [0.15, 0.2) is 0 Å². The molecule has 0 saturated heterocycles. The van der Waals surface area contributed by atoms with Crippen LogP contribution in [0, 0.1) is 0 Å². The van der Waals surface area contributed by atoms with Crippen molar-refractivity contribution in [3.63, 3.8) is 0 Å². The Morgan fingerprint density at radius 1 is 0.935 bits per heavy atom. The number of carbonyl (C=O) groups is 3. The van der Waals surface area contributed by atoms with Gasteiger partial charge in [-0.1, -0.05) is 70.1 Å².